The number of carbonyl (C=O) groups is 5. The number of rotatable bonds is 6. The van der Waals surface area contributed by atoms with Gasteiger partial charge in [-0.15, -0.1) is 0 Å². The zero-order valence-corrected chi connectivity index (χ0v) is 24.9. The van der Waals surface area contributed by atoms with Gasteiger partial charge in [0.25, 0.3) is 0 Å². The van der Waals surface area contributed by atoms with Crippen molar-refractivity contribution < 1.29 is 65.9 Å². The maximum atomic E-state index is 13.5. The summed E-state index contributed by atoms with van der Waals surface area (Å²) in [6.45, 7) is 6.42. The number of hydrogen-bond acceptors (Lipinski definition) is 11. The minimum Gasteiger partial charge on any atom is -0.467 e. The third kappa shape index (κ3) is 4.75. The summed E-state index contributed by atoms with van der Waals surface area (Å²) < 4.78 is 66.0. The van der Waals surface area contributed by atoms with E-state index < -0.39 is 101 Å². The number of Topliss-reactive ketones (excluding diaryl/α,β-unsaturated/α-hetero) is 1. The second-order valence-electron chi connectivity index (χ2n) is 13.0. The quantitative estimate of drug-likeness (QED) is 0.263. The van der Waals surface area contributed by atoms with Crippen LogP contribution < -0.4 is 0 Å². The lowest BCUT2D eigenvalue weighted by Crippen LogP contribution is -2.75. The summed E-state index contributed by atoms with van der Waals surface area (Å²) in [7, 11) is 1.14. The minimum absolute atomic E-state index is 0.0555. The molecule has 2 unspecified atom stereocenters. The van der Waals surface area contributed by atoms with E-state index in [0.717, 1.165) is 7.11 Å². The third-order valence-electron chi connectivity index (χ3n) is 10.2. The van der Waals surface area contributed by atoms with Crippen molar-refractivity contribution in [2.45, 2.75) is 89.9 Å². The van der Waals surface area contributed by atoms with Crippen LogP contribution in [0.2, 0.25) is 0 Å². The van der Waals surface area contributed by atoms with E-state index in [1.807, 2.05) is 0 Å². The van der Waals surface area contributed by atoms with Gasteiger partial charge in [0, 0.05) is 30.3 Å². The first kappa shape index (κ1) is 32.1. The van der Waals surface area contributed by atoms with Crippen LogP contribution in [0, 0.1) is 28.6 Å². The Morgan fingerprint density at radius 2 is 1.84 bits per heavy atom. The molecule has 5 rings (SSSR count). The summed E-state index contributed by atoms with van der Waals surface area (Å²) in [6.07, 6.45) is -10.2. The number of methoxy groups -OCH3 is 1. The fourth-order valence-electron chi connectivity index (χ4n) is 8.83. The lowest BCUT2D eigenvalue weighted by atomic mass is 9.38. The van der Waals surface area contributed by atoms with Crippen molar-refractivity contribution in [3.8, 4) is 0 Å². The van der Waals surface area contributed by atoms with Crippen molar-refractivity contribution in [1.29, 1.82) is 0 Å². The number of fused-ring (bicyclic) bond motifs is 2. The lowest BCUT2D eigenvalue weighted by Gasteiger charge is -2.66. The van der Waals surface area contributed by atoms with Crippen LogP contribution in [-0.2, 0) is 47.7 Å². The van der Waals surface area contributed by atoms with E-state index in [2.05, 4.69) is 0 Å². The SMILES string of the molecule is COC(=O)[C@@]12C[C@H](O)C3[C@@]4(C)CC(=O)C(OC(=O)CCC(F)(F)F)=C(C)C4C[C@H]4OC(=O)[C@H](OC(=O)C=C(C)C)[C@@H]1[C@@]34CO2. The Morgan fingerprint density at radius 1 is 1.16 bits per heavy atom. The zero-order chi connectivity index (χ0) is 32.6. The number of allylic oxidation sites excluding steroid dienone is 3. The van der Waals surface area contributed by atoms with E-state index >= 15 is 0 Å². The van der Waals surface area contributed by atoms with Crippen molar-refractivity contribution >= 4 is 29.7 Å². The number of ketones is 1. The summed E-state index contributed by atoms with van der Waals surface area (Å²) in [6, 6.07) is 0. The molecule has 0 radical (unpaired) electrons. The van der Waals surface area contributed by atoms with Crippen LogP contribution in [0.15, 0.2) is 23.0 Å². The average molecular weight is 629 g/mol. The molecule has 2 bridgehead atoms. The smallest absolute Gasteiger partial charge is 0.389 e. The molecule has 2 saturated carbocycles. The highest BCUT2D eigenvalue weighted by Crippen LogP contribution is 2.72. The molecular weight excluding hydrogens is 593 g/mol. The monoisotopic (exact) mass is 628 g/mol. The van der Waals surface area contributed by atoms with Gasteiger partial charge in [0.15, 0.2) is 17.1 Å². The summed E-state index contributed by atoms with van der Waals surface area (Å²) in [5.41, 5.74) is -3.34. The van der Waals surface area contributed by atoms with Crippen molar-refractivity contribution in [3.63, 3.8) is 0 Å². The lowest BCUT2D eigenvalue weighted by molar-refractivity contribution is -0.269. The van der Waals surface area contributed by atoms with Gasteiger partial charge in [0.1, 0.15) is 6.10 Å². The first-order chi connectivity index (χ1) is 20.4. The fourth-order valence-corrected chi connectivity index (χ4v) is 8.83. The number of hydrogen-bond donors (Lipinski definition) is 1. The second-order valence-corrected chi connectivity index (χ2v) is 13.0. The first-order valence-electron chi connectivity index (χ1n) is 14.4. The summed E-state index contributed by atoms with van der Waals surface area (Å²) >= 11 is 0. The first-order valence-corrected chi connectivity index (χ1v) is 14.4. The van der Waals surface area contributed by atoms with Crippen LogP contribution in [0.3, 0.4) is 0 Å². The van der Waals surface area contributed by atoms with E-state index in [-0.39, 0.29) is 37.2 Å². The van der Waals surface area contributed by atoms with Crippen LogP contribution in [0.1, 0.15) is 59.8 Å². The molecule has 2 saturated heterocycles. The van der Waals surface area contributed by atoms with E-state index in [0.29, 0.717) is 5.57 Å². The number of carbonyl (C=O) groups excluding carboxylic acids is 5. The molecule has 11 nitrogen and oxygen atoms in total. The molecule has 1 N–H and O–H groups in total. The average Bonchev–Trinajstić information content (AvgIpc) is 3.16. The molecule has 4 fully saturated rings. The van der Waals surface area contributed by atoms with Gasteiger partial charge in [0.05, 0.1) is 38.6 Å². The number of alkyl halides is 3. The third-order valence-corrected chi connectivity index (χ3v) is 10.2. The van der Waals surface area contributed by atoms with E-state index in [9.17, 15) is 42.3 Å². The fraction of sp³-hybridized carbons (Fsp3) is 0.700. The van der Waals surface area contributed by atoms with Gasteiger partial charge < -0.3 is 28.8 Å². The molecule has 3 aliphatic carbocycles. The summed E-state index contributed by atoms with van der Waals surface area (Å²) in [4.78, 5) is 65.5. The molecule has 1 spiro atoms. The molecular formula is C30H35F3O11. The zero-order valence-electron chi connectivity index (χ0n) is 24.9. The van der Waals surface area contributed by atoms with Crippen LogP contribution in [0.4, 0.5) is 13.2 Å². The molecule has 2 aliphatic heterocycles. The second kappa shape index (κ2) is 10.7. The van der Waals surface area contributed by atoms with Gasteiger partial charge in [0.2, 0.25) is 6.10 Å². The van der Waals surface area contributed by atoms with Gasteiger partial charge in [-0.25, -0.2) is 14.4 Å². The molecule has 2 heterocycles. The molecule has 0 aromatic rings. The van der Waals surface area contributed by atoms with Crippen molar-refractivity contribution in [2.75, 3.05) is 13.7 Å². The Hall–Kier alpha value is -3.26. The van der Waals surface area contributed by atoms with Gasteiger partial charge in [-0.05, 0) is 44.1 Å². The van der Waals surface area contributed by atoms with Crippen molar-refractivity contribution in [3.05, 3.63) is 23.0 Å². The Labute approximate surface area is 251 Å². The predicted octanol–water partition coefficient (Wildman–Crippen LogP) is 2.87. The minimum atomic E-state index is -4.59. The van der Waals surface area contributed by atoms with Crippen LogP contribution in [-0.4, -0.2) is 78.6 Å². The maximum Gasteiger partial charge on any atom is 0.389 e. The Morgan fingerprint density at radius 3 is 2.45 bits per heavy atom. The number of aliphatic hydroxyl groups excluding tert-OH is 1. The van der Waals surface area contributed by atoms with E-state index in [1.165, 1.54) is 13.0 Å². The van der Waals surface area contributed by atoms with Gasteiger partial charge in [-0.3, -0.25) is 9.59 Å². The maximum absolute atomic E-state index is 13.5. The van der Waals surface area contributed by atoms with E-state index in [4.69, 9.17) is 23.7 Å². The van der Waals surface area contributed by atoms with Gasteiger partial charge in [-0.2, -0.15) is 13.2 Å². The molecule has 242 valence electrons. The highest BCUT2D eigenvalue weighted by atomic mass is 19.4. The molecule has 9 atom stereocenters. The highest BCUT2D eigenvalue weighted by molar-refractivity contribution is 5.98. The summed E-state index contributed by atoms with van der Waals surface area (Å²) in [5, 5.41) is 11.8. The summed E-state index contributed by atoms with van der Waals surface area (Å²) in [5.74, 6) is -7.42. The highest BCUT2D eigenvalue weighted by Gasteiger charge is 2.82. The molecule has 44 heavy (non-hydrogen) atoms. The molecule has 14 heteroatoms. The van der Waals surface area contributed by atoms with Crippen molar-refractivity contribution in [2.24, 2.45) is 28.6 Å². The number of aliphatic hydroxyl groups is 1. The number of esters is 4. The molecule has 5 aliphatic rings. The predicted molar refractivity (Wildman–Crippen MR) is 140 cm³/mol. The number of ether oxygens (including phenoxy) is 5. The molecule has 0 amide bonds. The van der Waals surface area contributed by atoms with Crippen LogP contribution >= 0.6 is 0 Å². The Kier molecular flexibility index (Phi) is 7.80. The Bertz CT molecular complexity index is 1360. The standard InChI is InChI=1S/C30H35F3O11/c1-13(2)8-20(37)44-22-24-28-12-41-29(24,26(39)40-5)11-17(35)23(28)27(4)10-16(34)21(43-19(36)6-7-30(31,32)33)14(3)15(27)9-18(28)42-25(22)38/h8,15,17-18,22-24,35H,6-7,9-12H2,1-5H3/t15?,17-,18+,22+,23?,24+,27-,28+,29+/m0/s1. The normalized spacial score (nSPS) is 39.0. The number of halogens is 3. The topological polar surface area (TPSA) is 152 Å². The molecule has 0 aromatic heterocycles. The van der Waals surface area contributed by atoms with E-state index in [1.54, 1.807) is 20.8 Å². The van der Waals surface area contributed by atoms with Crippen LogP contribution in [0.25, 0.3) is 0 Å². The molecule has 0 aromatic carbocycles. The van der Waals surface area contributed by atoms with Gasteiger partial charge >= 0.3 is 30.1 Å². The Balaban J connectivity index is 1.58. The van der Waals surface area contributed by atoms with Crippen molar-refractivity contribution in [1.82, 2.24) is 0 Å². The van der Waals surface area contributed by atoms with Gasteiger partial charge in [-0.1, -0.05) is 12.5 Å². The largest absolute Gasteiger partial charge is 0.467 e. The van der Waals surface area contributed by atoms with Crippen LogP contribution in [0.5, 0.6) is 0 Å².